The molecule has 1 atom stereocenters. The average molecular weight is 162 g/mol. The summed E-state index contributed by atoms with van der Waals surface area (Å²) in [4.78, 5) is 1.03. The maximum Gasteiger partial charge on any atom is 0.0408 e. The molecule has 0 heterocycles. The highest BCUT2D eigenvalue weighted by Crippen LogP contribution is 2.29. The normalized spacial score (nSPS) is 28.2. The minimum Gasteiger partial charge on any atom is -0.0839 e. The Bertz CT molecular complexity index is 269. The summed E-state index contributed by atoms with van der Waals surface area (Å²) in [5.41, 5.74) is 1.37. The van der Waals surface area contributed by atoms with Gasteiger partial charge < -0.3 is 0 Å². The van der Waals surface area contributed by atoms with Gasteiger partial charge in [-0.3, -0.25) is 0 Å². The molecule has 0 aromatic carbocycles. The quantitative estimate of drug-likeness (QED) is 0.493. The lowest BCUT2D eigenvalue weighted by Crippen LogP contribution is -2.14. The maximum atomic E-state index is 5.21. The predicted molar refractivity (Wildman–Crippen MR) is 51.7 cm³/mol. The zero-order valence-corrected chi connectivity index (χ0v) is 7.10. The van der Waals surface area contributed by atoms with Crippen molar-refractivity contribution in [3.05, 3.63) is 36.0 Å². The van der Waals surface area contributed by atoms with E-state index in [-0.39, 0.29) is 0 Å². The molecular weight excluding hydrogens is 152 g/mol. The first kappa shape index (κ1) is 6.99. The highest BCUT2D eigenvalue weighted by molar-refractivity contribution is 7.81. The fraction of sp³-hybridized carbons (Fsp3) is 0.300. The highest BCUT2D eigenvalue weighted by atomic mass is 32.1. The first-order chi connectivity index (χ1) is 5.38. The molecule has 11 heavy (non-hydrogen) atoms. The van der Waals surface area contributed by atoms with Gasteiger partial charge >= 0.3 is 0 Å². The molecule has 0 aliphatic heterocycles. The van der Waals surface area contributed by atoms with E-state index < -0.39 is 0 Å². The molecule has 0 fully saturated rings. The molecule has 0 aromatic heterocycles. The largest absolute Gasteiger partial charge is 0.0839 e. The Morgan fingerprint density at radius 1 is 1.27 bits per heavy atom. The summed E-state index contributed by atoms with van der Waals surface area (Å²) in [5.74, 6) is 0.678. The molecule has 0 N–H and O–H groups in total. The molecule has 0 amide bonds. The molecule has 0 radical (unpaired) electrons. The Morgan fingerprint density at radius 2 is 2.09 bits per heavy atom. The Morgan fingerprint density at radius 3 is 2.91 bits per heavy atom. The van der Waals surface area contributed by atoms with Gasteiger partial charge in [-0.2, -0.15) is 0 Å². The molecule has 0 saturated carbocycles. The lowest BCUT2D eigenvalue weighted by Gasteiger charge is -2.22. The minimum atomic E-state index is 0.678. The lowest BCUT2D eigenvalue weighted by atomic mass is 9.83. The van der Waals surface area contributed by atoms with Crippen LogP contribution in [0.15, 0.2) is 36.0 Å². The second kappa shape index (κ2) is 2.74. The molecule has 0 aromatic rings. The third-order valence-corrected chi connectivity index (χ3v) is 2.62. The molecule has 2 aliphatic rings. The Hall–Kier alpha value is -0.690. The molecule has 2 aliphatic carbocycles. The van der Waals surface area contributed by atoms with Gasteiger partial charge in [-0.25, -0.2) is 0 Å². The van der Waals surface area contributed by atoms with Gasteiger partial charge in [0, 0.05) is 4.86 Å². The van der Waals surface area contributed by atoms with E-state index in [0.29, 0.717) is 5.92 Å². The number of allylic oxidation sites excluding steroid dienone is 6. The van der Waals surface area contributed by atoms with Crippen LogP contribution in [0.3, 0.4) is 0 Å². The smallest absolute Gasteiger partial charge is 0.0408 e. The minimum absolute atomic E-state index is 0.678. The lowest BCUT2D eigenvalue weighted by molar-refractivity contribution is 0.645. The fourth-order valence-corrected chi connectivity index (χ4v) is 1.95. The van der Waals surface area contributed by atoms with Crippen LogP contribution in [-0.4, -0.2) is 4.86 Å². The molecule has 0 saturated heterocycles. The van der Waals surface area contributed by atoms with Gasteiger partial charge in [0.25, 0.3) is 0 Å². The van der Waals surface area contributed by atoms with Crippen LogP contribution in [0.5, 0.6) is 0 Å². The van der Waals surface area contributed by atoms with Crippen molar-refractivity contribution in [3.8, 4) is 0 Å². The van der Waals surface area contributed by atoms with Crippen molar-refractivity contribution >= 4 is 17.1 Å². The van der Waals surface area contributed by atoms with Crippen LogP contribution in [0.1, 0.15) is 12.8 Å². The summed E-state index contributed by atoms with van der Waals surface area (Å²) >= 11 is 5.21. The molecule has 0 bridgehead atoms. The van der Waals surface area contributed by atoms with E-state index in [1.807, 2.05) is 0 Å². The molecule has 1 heteroatoms. The molecule has 1 unspecified atom stereocenters. The van der Waals surface area contributed by atoms with Crippen LogP contribution in [-0.2, 0) is 0 Å². The summed E-state index contributed by atoms with van der Waals surface area (Å²) in [7, 11) is 0. The van der Waals surface area contributed by atoms with Gasteiger partial charge in [-0.15, -0.1) is 0 Å². The van der Waals surface area contributed by atoms with E-state index in [2.05, 4.69) is 30.4 Å². The zero-order valence-electron chi connectivity index (χ0n) is 6.29. The first-order valence-corrected chi connectivity index (χ1v) is 4.36. The third-order valence-electron chi connectivity index (χ3n) is 2.25. The van der Waals surface area contributed by atoms with Gasteiger partial charge in [0.05, 0.1) is 0 Å². The van der Waals surface area contributed by atoms with E-state index in [1.165, 1.54) is 5.57 Å². The van der Waals surface area contributed by atoms with E-state index in [1.54, 1.807) is 0 Å². The Balaban J connectivity index is 2.37. The number of hydrogen-bond donors (Lipinski definition) is 0. The maximum absolute atomic E-state index is 5.21. The molecular formula is C10H10S. The SMILES string of the molecule is S=C1C=CCC2CC=CC=C12. The van der Waals surface area contributed by atoms with Gasteiger partial charge in [0.2, 0.25) is 0 Å². The average Bonchev–Trinajstić information content (AvgIpc) is 2.06. The number of fused-ring (bicyclic) bond motifs is 1. The van der Waals surface area contributed by atoms with Crippen molar-refractivity contribution in [1.82, 2.24) is 0 Å². The Kier molecular flexibility index (Phi) is 1.74. The monoisotopic (exact) mass is 162 g/mol. The number of rotatable bonds is 0. The highest BCUT2D eigenvalue weighted by Gasteiger charge is 2.18. The summed E-state index contributed by atoms with van der Waals surface area (Å²) in [6, 6.07) is 0. The molecule has 0 nitrogen and oxygen atoms in total. The predicted octanol–water partition coefficient (Wildman–Crippen LogP) is 2.82. The van der Waals surface area contributed by atoms with Crippen LogP contribution in [0.4, 0.5) is 0 Å². The van der Waals surface area contributed by atoms with Gasteiger partial charge in [0.15, 0.2) is 0 Å². The van der Waals surface area contributed by atoms with Crippen molar-refractivity contribution in [3.63, 3.8) is 0 Å². The first-order valence-electron chi connectivity index (χ1n) is 3.95. The van der Waals surface area contributed by atoms with E-state index in [0.717, 1.165) is 17.7 Å². The molecule has 0 spiro atoms. The summed E-state index contributed by atoms with van der Waals surface area (Å²) < 4.78 is 0. The second-order valence-corrected chi connectivity index (χ2v) is 3.42. The van der Waals surface area contributed by atoms with Gasteiger partial charge in [0.1, 0.15) is 0 Å². The zero-order chi connectivity index (χ0) is 7.68. The van der Waals surface area contributed by atoms with E-state index in [9.17, 15) is 0 Å². The third kappa shape index (κ3) is 1.21. The van der Waals surface area contributed by atoms with Crippen LogP contribution < -0.4 is 0 Å². The van der Waals surface area contributed by atoms with Crippen molar-refractivity contribution in [2.45, 2.75) is 12.8 Å². The van der Waals surface area contributed by atoms with E-state index in [4.69, 9.17) is 12.2 Å². The second-order valence-electron chi connectivity index (χ2n) is 2.99. The standard InChI is InChI=1S/C10H10S/c11-10-7-3-5-8-4-1-2-6-9(8)10/h1-3,6-8H,4-5H2. The van der Waals surface area contributed by atoms with Crippen LogP contribution in [0.2, 0.25) is 0 Å². The Labute approximate surface area is 72.3 Å². The van der Waals surface area contributed by atoms with Crippen molar-refractivity contribution < 1.29 is 0 Å². The molecule has 56 valence electrons. The van der Waals surface area contributed by atoms with Crippen LogP contribution in [0, 0.1) is 5.92 Å². The summed E-state index contributed by atoms with van der Waals surface area (Å²) in [6.45, 7) is 0. The summed E-state index contributed by atoms with van der Waals surface area (Å²) in [5, 5.41) is 0. The fourth-order valence-electron chi connectivity index (χ4n) is 1.62. The van der Waals surface area contributed by atoms with Crippen LogP contribution in [0.25, 0.3) is 0 Å². The van der Waals surface area contributed by atoms with Crippen LogP contribution >= 0.6 is 12.2 Å². The van der Waals surface area contributed by atoms with Crippen molar-refractivity contribution in [1.29, 1.82) is 0 Å². The van der Waals surface area contributed by atoms with Gasteiger partial charge in [-0.1, -0.05) is 36.5 Å². The number of hydrogen-bond acceptors (Lipinski definition) is 1. The number of thiocarbonyl (C=S) groups is 1. The van der Waals surface area contributed by atoms with Crippen molar-refractivity contribution in [2.75, 3.05) is 0 Å². The molecule has 2 rings (SSSR count). The van der Waals surface area contributed by atoms with E-state index >= 15 is 0 Å². The van der Waals surface area contributed by atoms with Gasteiger partial charge in [-0.05, 0) is 30.4 Å². The van der Waals surface area contributed by atoms with Crippen molar-refractivity contribution in [2.24, 2.45) is 5.92 Å². The topological polar surface area (TPSA) is 0 Å². The summed E-state index contributed by atoms with van der Waals surface area (Å²) in [6.07, 6.45) is 13.0.